The third-order valence-electron chi connectivity index (χ3n) is 3.56. The lowest BCUT2D eigenvalue weighted by Crippen LogP contribution is -1.95. The van der Waals surface area contributed by atoms with Crippen LogP contribution in [0.25, 0.3) is 10.9 Å². The van der Waals surface area contributed by atoms with Crippen molar-refractivity contribution >= 4 is 39.6 Å². The molecule has 0 amide bonds. The Balaban J connectivity index is 2.06. The maximum Gasteiger partial charge on any atom is 0.352 e. The van der Waals surface area contributed by atoms with Crippen molar-refractivity contribution < 1.29 is 19.7 Å². The highest BCUT2D eigenvalue weighted by Gasteiger charge is 2.19. The molecule has 3 N–H and O–H groups in total. The molecular formula is C15H10N4O6. The second kappa shape index (κ2) is 5.92. The van der Waals surface area contributed by atoms with E-state index in [4.69, 9.17) is 5.11 Å². The van der Waals surface area contributed by atoms with E-state index < -0.39 is 15.8 Å². The highest BCUT2D eigenvalue weighted by Crippen LogP contribution is 2.33. The molecule has 0 saturated carbocycles. The highest BCUT2D eigenvalue weighted by atomic mass is 16.6. The van der Waals surface area contributed by atoms with Crippen LogP contribution in [0.5, 0.6) is 0 Å². The summed E-state index contributed by atoms with van der Waals surface area (Å²) >= 11 is 0. The predicted molar refractivity (Wildman–Crippen MR) is 88.3 cm³/mol. The van der Waals surface area contributed by atoms with Crippen molar-refractivity contribution in [2.45, 2.75) is 0 Å². The first-order chi connectivity index (χ1) is 11.9. The van der Waals surface area contributed by atoms with Crippen molar-refractivity contribution in [3.05, 3.63) is 68.4 Å². The van der Waals surface area contributed by atoms with Crippen LogP contribution >= 0.6 is 0 Å². The number of carboxylic acids is 1. The molecule has 0 radical (unpaired) electrons. The second-order valence-corrected chi connectivity index (χ2v) is 5.10. The number of carboxylic acid groups (broad SMARTS) is 1. The number of hydrogen-bond acceptors (Lipinski definition) is 6. The van der Waals surface area contributed by atoms with Gasteiger partial charge in [-0.3, -0.25) is 20.2 Å². The first kappa shape index (κ1) is 15.9. The monoisotopic (exact) mass is 342 g/mol. The molecule has 10 nitrogen and oxygen atoms in total. The SMILES string of the molecule is O=C(O)c1cc2c(Nc3ccc([N+](=O)[O-])cc3)ccc([N+](=O)[O-])c2[nH]1. The molecule has 0 saturated heterocycles. The highest BCUT2D eigenvalue weighted by molar-refractivity contribution is 6.03. The molecule has 2 aromatic carbocycles. The zero-order chi connectivity index (χ0) is 18.1. The number of H-pyrrole nitrogens is 1. The number of hydrogen-bond donors (Lipinski definition) is 3. The number of nitrogens with zero attached hydrogens (tertiary/aromatic N) is 2. The number of nitro groups is 2. The lowest BCUT2D eigenvalue weighted by Gasteiger charge is -2.08. The quantitative estimate of drug-likeness (QED) is 0.474. The van der Waals surface area contributed by atoms with Crippen molar-refractivity contribution in [3.63, 3.8) is 0 Å². The molecule has 25 heavy (non-hydrogen) atoms. The molecule has 0 aliphatic rings. The number of carbonyl (C=O) groups is 1. The fraction of sp³-hybridized carbons (Fsp3) is 0. The van der Waals surface area contributed by atoms with Crippen LogP contribution in [0.15, 0.2) is 42.5 Å². The number of nitrogens with one attached hydrogen (secondary N) is 2. The van der Waals surface area contributed by atoms with E-state index in [1.54, 1.807) is 0 Å². The zero-order valence-corrected chi connectivity index (χ0v) is 12.4. The minimum absolute atomic E-state index is 0.0748. The van der Waals surface area contributed by atoms with Gasteiger partial charge in [0.2, 0.25) is 0 Å². The largest absolute Gasteiger partial charge is 0.477 e. The molecule has 0 unspecified atom stereocenters. The number of benzene rings is 2. The van der Waals surface area contributed by atoms with Crippen LogP contribution in [0.2, 0.25) is 0 Å². The first-order valence-electron chi connectivity index (χ1n) is 6.91. The molecule has 126 valence electrons. The average molecular weight is 342 g/mol. The van der Waals surface area contributed by atoms with Crippen molar-refractivity contribution in [1.82, 2.24) is 4.98 Å². The summed E-state index contributed by atoms with van der Waals surface area (Å²) < 4.78 is 0. The number of nitro benzene ring substituents is 2. The smallest absolute Gasteiger partial charge is 0.352 e. The molecule has 3 aromatic rings. The Kier molecular flexibility index (Phi) is 3.77. The van der Waals surface area contributed by atoms with Crippen molar-refractivity contribution in [1.29, 1.82) is 0 Å². The fourth-order valence-corrected chi connectivity index (χ4v) is 2.40. The van der Waals surface area contributed by atoms with Crippen LogP contribution < -0.4 is 5.32 Å². The number of fused-ring (bicyclic) bond motifs is 1. The molecule has 0 atom stereocenters. The fourth-order valence-electron chi connectivity index (χ4n) is 2.40. The van der Waals surface area contributed by atoms with E-state index >= 15 is 0 Å². The summed E-state index contributed by atoms with van der Waals surface area (Å²) in [5.41, 5.74) is 0.508. The van der Waals surface area contributed by atoms with Crippen LogP contribution in [0, 0.1) is 20.2 Å². The number of aromatic carboxylic acids is 1. The Morgan fingerprint density at radius 1 is 1.04 bits per heavy atom. The summed E-state index contributed by atoms with van der Waals surface area (Å²) in [6.45, 7) is 0. The Labute approximate surface area is 139 Å². The topological polar surface area (TPSA) is 151 Å². The van der Waals surface area contributed by atoms with E-state index in [1.807, 2.05) is 0 Å². The van der Waals surface area contributed by atoms with Crippen LogP contribution in [-0.2, 0) is 0 Å². The van der Waals surface area contributed by atoms with Gasteiger partial charge in [-0.15, -0.1) is 0 Å². The molecule has 3 rings (SSSR count). The van der Waals surface area contributed by atoms with E-state index in [9.17, 15) is 25.0 Å². The van der Waals surface area contributed by atoms with Gasteiger partial charge in [-0.2, -0.15) is 0 Å². The third kappa shape index (κ3) is 2.95. The van der Waals surface area contributed by atoms with Gasteiger partial charge in [0.05, 0.1) is 9.85 Å². The predicted octanol–water partition coefficient (Wildman–Crippen LogP) is 3.43. The Morgan fingerprint density at radius 2 is 1.72 bits per heavy atom. The summed E-state index contributed by atoms with van der Waals surface area (Å²) in [7, 11) is 0. The minimum atomic E-state index is -1.24. The van der Waals surface area contributed by atoms with Gasteiger partial charge < -0.3 is 15.4 Å². The van der Waals surface area contributed by atoms with E-state index in [0.717, 1.165) is 0 Å². The third-order valence-corrected chi connectivity index (χ3v) is 3.56. The van der Waals surface area contributed by atoms with Gasteiger partial charge in [-0.1, -0.05) is 0 Å². The number of aromatic amines is 1. The van der Waals surface area contributed by atoms with Gasteiger partial charge >= 0.3 is 5.97 Å². The number of anilines is 2. The van der Waals surface area contributed by atoms with E-state index in [-0.39, 0.29) is 22.6 Å². The van der Waals surface area contributed by atoms with E-state index in [2.05, 4.69) is 10.3 Å². The lowest BCUT2D eigenvalue weighted by atomic mass is 10.1. The lowest BCUT2D eigenvalue weighted by molar-refractivity contribution is -0.384. The molecule has 0 fully saturated rings. The Morgan fingerprint density at radius 3 is 2.28 bits per heavy atom. The normalized spacial score (nSPS) is 10.6. The average Bonchev–Trinajstić information content (AvgIpc) is 3.01. The van der Waals surface area contributed by atoms with Crippen LogP contribution in [0.3, 0.4) is 0 Å². The van der Waals surface area contributed by atoms with Gasteiger partial charge in [0.15, 0.2) is 0 Å². The van der Waals surface area contributed by atoms with Gasteiger partial charge in [0, 0.05) is 35.0 Å². The van der Waals surface area contributed by atoms with Gasteiger partial charge in [-0.05, 0) is 24.3 Å². The zero-order valence-electron chi connectivity index (χ0n) is 12.4. The molecule has 0 aliphatic heterocycles. The second-order valence-electron chi connectivity index (χ2n) is 5.10. The summed E-state index contributed by atoms with van der Waals surface area (Å²) in [5, 5.41) is 34.2. The Hall–Kier alpha value is -3.95. The van der Waals surface area contributed by atoms with Crippen LogP contribution in [0.1, 0.15) is 10.5 Å². The van der Waals surface area contributed by atoms with Gasteiger partial charge in [0.1, 0.15) is 11.2 Å². The molecule has 1 aromatic heterocycles. The van der Waals surface area contributed by atoms with Crippen molar-refractivity contribution in [3.8, 4) is 0 Å². The van der Waals surface area contributed by atoms with Crippen molar-refractivity contribution in [2.24, 2.45) is 0 Å². The molecular weight excluding hydrogens is 332 g/mol. The van der Waals surface area contributed by atoms with Crippen LogP contribution in [0.4, 0.5) is 22.7 Å². The first-order valence-corrected chi connectivity index (χ1v) is 6.91. The number of non-ortho nitro benzene ring substituents is 2. The minimum Gasteiger partial charge on any atom is -0.477 e. The molecule has 0 bridgehead atoms. The standard InChI is InChI=1S/C15H10N4O6/c20-15(21)12-7-10-11(5-6-13(19(24)25)14(10)17-12)16-8-1-3-9(4-2-8)18(22)23/h1-7,16-17H,(H,20,21). The van der Waals surface area contributed by atoms with E-state index in [1.165, 1.54) is 42.5 Å². The van der Waals surface area contributed by atoms with Crippen LogP contribution in [-0.4, -0.2) is 25.9 Å². The summed E-state index contributed by atoms with van der Waals surface area (Å²) in [6.07, 6.45) is 0. The molecule has 0 spiro atoms. The molecule has 0 aliphatic carbocycles. The van der Waals surface area contributed by atoms with Crippen molar-refractivity contribution in [2.75, 3.05) is 5.32 Å². The molecule has 10 heteroatoms. The molecule has 1 heterocycles. The maximum atomic E-state index is 11.1. The maximum absolute atomic E-state index is 11.1. The number of rotatable bonds is 5. The van der Waals surface area contributed by atoms with E-state index in [0.29, 0.717) is 16.8 Å². The van der Waals surface area contributed by atoms with Gasteiger partial charge in [0.25, 0.3) is 11.4 Å². The van der Waals surface area contributed by atoms with Gasteiger partial charge in [-0.25, -0.2) is 4.79 Å². The summed E-state index contributed by atoms with van der Waals surface area (Å²) in [6, 6.07) is 9.57. The summed E-state index contributed by atoms with van der Waals surface area (Å²) in [5.74, 6) is -1.24. The number of aromatic nitrogens is 1. The summed E-state index contributed by atoms with van der Waals surface area (Å²) in [4.78, 5) is 34.3. The Bertz CT molecular complexity index is 1010.